The lowest BCUT2D eigenvalue weighted by Crippen LogP contribution is -2.22. The highest BCUT2D eigenvalue weighted by Crippen LogP contribution is 2.25. The maximum Gasteiger partial charge on any atom is 0.276 e. The van der Waals surface area contributed by atoms with E-state index in [1.54, 1.807) is 17.7 Å². The van der Waals surface area contributed by atoms with Crippen molar-refractivity contribution in [3.8, 4) is 5.75 Å². The van der Waals surface area contributed by atoms with Gasteiger partial charge in [0.15, 0.2) is 10.6 Å². The number of hydrogen-bond donors (Lipinski definition) is 0. The predicted molar refractivity (Wildman–Crippen MR) is 102 cm³/mol. The Morgan fingerprint density at radius 2 is 2.12 bits per heavy atom. The zero-order valence-electron chi connectivity index (χ0n) is 12.3. The third-order valence-electron chi connectivity index (χ3n) is 3.52. The minimum Gasteiger partial charge on any atom is -0.496 e. The molecule has 4 aromatic rings. The van der Waals surface area contributed by atoms with Gasteiger partial charge in [-0.1, -0.05) is 17.4 Å². The summed E-state index contributed by atoms with van der Waals surface area (Å²) in [5, 5.41) is 0. The minimum atomic E-state index is -0.112. The van der Waals surface area contributed by atoms with Gasteiger partial charge in [0.25, 0.3) is 5.56 Å². The average Bonchev–Trinajstić information content (AvgIpc) is 3.04. The van der Waals surface area contributed by atoms with Crippen LogP contribution in [0.1, 0.15) is 5.56 Å². The number of fused-ring (bicyclic) bond motifs is 3. The number of ether oxygens (including phenoxy) is 1. The van der Waals surface area contributed by atoms with Gasteiger partial charge in [0.1, 0.15) is 11.3 Å². The van der Waals surface area contributed by atoms with Crippen LogP contribution in [0, 0.1) is 0 Å². The molecule has 24 heavy (non-hydrogen) atoms. The fraction of sp³-hybridized carbons (Fsp3) is 0.0625. The SMILES string of the molecule is COc1ccc(/C=c2\sc3nc4cc(Br)cnc4n3c2=O)cc1Br. The van der Waals surface area contributed by atoms with Crippen LogP contribution in [-0.2, 0) is 0 Å². The Balaban J connectivity index is 1.93. The van der Waals surface area contributed by atoms with Gasteiger partial charge in [-0.05, 0) is 61.7 Å². The third kappa shape index (κ3) is 2.54. The number of aromatic nitrogens is 3. The van der Waals surface area contributed by atoms with E-state index in [4.69, 9.17) is 4.74 Å². The Morgan fingerprint density at radius 1 is 1.29 bits per heavy atom. The van der Waals surface area contributed by atoms with Gasteiger partial charge in [0.05, 0.1) is 16.1 Å². The Bertz CT molecular complexity index is 1200. The normalized spacial score (nSPS) is 12.4. The highest BCUT2D eigenvalue weighted by atomic mass is 79.9. The van der Waals surface area contributed by atoms with Crippen LogP contribution in [0.5, 0.6) is 5.75 Å². The standard InChI is InChI=1S/C16H9Br2N3O2S/c1-23-12-3-2-8(4-10(12)18)5-13-15(22)21-14-11(20-16(21)24-13)6-9(17)7-19-14/h2-7H,1H3/b13-5-. The van der Waals surface area contributed by atoms with Crippen molar-refractivity contribution in [2.45, 2.75) is 0 Å². The largest absolute Gasteiger partial charge is 0.496 e. The fourth-order valence-corrected chi connectivity index (χ4v) is 4.29. The fourth-order valence-electron chi connectivity index (χ4n) is 2.44. The minimum absolute atomic E-state index is 0.112. The molecule has 0 saturated heterocycles. The van der Waals surface area contributed by atoms with Gasteiger partial charge in [0.2, 0.25) is 0 Å². The summed E-state index contributed by atoms with van der Waals surface area (Å²) in [5.74, 6) is 0.747. The van der Waals surface area contributed by atoms with Crippen molar-refractivity contribution >= 4 is 65.4 Å². The van der Waals surface area contributed by atoms with Crippen molar-refractivity contribution in [3.63, 3.8) is 0 Å². The lowest BCUT2D eigenvalue weighted by atomic mass is 10.2. The molecule has 3 aromatic heterocycles. The number of hydrogen-bond acceptors (Lipinski definition) is 5. The molecule has 3 heterocycles. The summed E-state index contributed by atoms with van der Waals surface area (Å²) in [5.41, 5.74) is 2.07. The van der Waals surface area contributed by atoms with Gasteiger partial charge in [-0.2, -0.15) is 0 Å². The molecule has 0 radical (unpaired) electrons. The highest BCUT2D eigenvalue weighted by molar-refractivity contribution is 9.10. The molecule has 0 bridgehead atoms. The summed E-state index contributed by atoms with van der Waals surface area (Å²) in [6.07, 6.45) is 3.51. The summed E-state index contributed by atoms with van der Waals surface area (Å²) in [6, 6.07) is 7.52. The molecule has 0 amide bonds. The van der Waals surface area contributed by atoms with E-state index in [1.165, 1.54) is 11.3 Å². The van der Waals surface area contributed by atoms with E-state index in [2.05, 4.69) is 41.8 Å². The molecule has 0 N–H and O–H groups in total. The molecule has 8 heteroatoms. The van der Waals surface area contributed by atoms with E-state index >= 15 is 0 Å². The monoisotopic (exact) mass is 465 g/mol. The molecule has 4 rings (SSSR count). The smallest absolute Gasteiger partial charge is 0.276 e. The van der Waals surface area contributed by atoms with E-state index in [0.29, 0.717) is 20.7 Å². The van der Waals surface area contributed by atoms with Gasteiger partial charge in [-0.25, -0.2) is 14.4 Å². The molecular formula is C16H9Br2N3O2S. The molecule has 5 nitrogen and oxygen atoms in total. The van der Waals surface area contributed by atoms with Gasteiger partial charge < -0.3 is 4.74 Å². The zero-order valence-corrected chi connectivity index (χ0v) is 16.3. The number of benzene rings is 1. The molecule has 1 aromatic carbocycles. The van der Waals surface area contributed by atoms with Crippen molar-refractivity contribution in [2.75, 3.05) is 7.11 Å². The summed E-state index contributed by atoms with van der Waals surface area (Å²) in [6.45, 7) is 0. The Morgan fingerprint density at radius 3 is 2.88 bits per heavy atom. The number of thiazole rings is 1. The molecule has 120 valence electrons. The lowest BCUT2D eigenvalue weighted by molar-refractivity contribution is 0.412. The molecule has 0 fully saturated rings. The van der Waals surface area contributed by atoms with Crippen molar-refractivity contribution < 1.29 is 4.74 Å². The van der Waals surface area contributed by atoms with Crippen molar-refractivity contribution in [1.29, 1.82) is 0 Å². The number of nitrogens with zero attached hydrogens (tertiary/aromatic N) is 3. The maximum absolute atomic E-state index is 12.7. The first-order chi connectivity index (χ1) is 11.6. The van der Waals surface area contributed by atoms with Crippen LogP contribution in [0.4, 0.5) is 0 Å². The molecule has 0 atom stereocenters. The second-order valence-electron chi connectivity index (χ2n) is 5.04. The summed E-state index contributed by atoms with van der Waals surface area (Å²) in [7, 11) is 1.62. The van der Waals surface area contributed by atoms with Crippen molar-refractivity contribution in [1.82, 2.24) is 14.4 Å². The second-order valence-corrected chi connectivity index (χ2v) is 7.81. The maximum atomic E-state index is 12.7. The summed E-state index contributed by atoms with van der Waals surface area (Å²) >= 11 is 8.17. The molecule has 0 aliphatic heterocycles. The van der Waals surface area contributed by atoms with E-state index in [0.717, 1.165) is 20.3 Å². The van der Waals surface area contributed by atoms with Crippen LogP contribution >= 0.6 is 43.2 Å². The number of pyridine rings is 1. The van der Waals surface area contributed by atoms with Gasteiger partial charge in [-0.15, -0.1) is 0 Å². The van der Waals surface area contributed by atoms with E-state index in [1.807, 2.05) is 30.3 Å². The van der Waals surface area contributed by atoms with Crippen molar-refractivity contribution in [2.24, 2.45) is 0 Å². The summed E-state index contributed by atoms with van der Waals surface area (Å²) in [4.78, 5) is 22.1. The number of rotatable bonds is 2. The second kappa shape index (κ2) is 5.94. The first-order valence-electron chi connectivity index (χ1n) is 6.88. The highest BCUT2D eigenvalue weighted by Gasteiger charge is 2.12. The van der Waals surface area contributed by atoms with Gasteiger partial charge >= 0.3 is 0 Å². The Kier molecular flexibility index (Phi) is 3.90. The van der Waals surface area contributed by atoms with Crippen LogP contribution in [-0.4, -0.2) is 21.5 Å². The quantitative estimate of drug-likeness (QED) is 0.454. The molecule has 0 spiro atoms. The number of halogens is 2. The van der Waals surface area contributed by atoms with Gasteiger partial charge in [-0.3, -0.25) is 4.79 Å². The molecule has 0 saturated carbocycles. The lowest BCUT2D eigenvalue weighted by Gasteiger charge is -2.02. The van der Waals surface area contributed by atoms with Crippen LogP contribution in [0.3, 0.4) is 0 Å². The summed E-state index contributed by atoms with van der Waals surface area (Å²) < 4.78 is 9.06. The van der Waals surface area contributed by atoms with E-state index in [9.17, 15) is 4.79 Å². The van der Waals surface area contributed by atoms with Gasteiger partial charge in [0, 0.05) is 10.7 Å². The molecular weight excluding hydrogens is 458 g/mol. The predicted octanol–water partition coefficient (Wildman–Crippen LogP) is 3.39. The number of methoxy groups -OCH3 is 1. The topological polar surface area (TPSA) is 56.5 Å². The van der Waals surface area contributed by atoms with E-state index in [-0.39, 0.29) is 5.56 Å². The van der Waals surface area contributed by atoms with Crippen LogP contribution in [0.15, 0.2) is 44.2 Å². The third-order valence-corrected chi connectivity index (χ3v) is 5.54. The molecule has 0 aliphatic carbocycles. The molecule has 0 unspecified atom stereocenters. The first kappa shape index (κ1) is 15.7. The average molecular weight is 467 g/mol. The van der Waals surface area contributed by atoms with Crippen molar-refractivity contribution in [3.05, 3.63) is 59.9 Å². The zero-order chi connectivity index (χ0) is 16.8. The Labute approximate surface area is 156 Å². The van der Waals surface area contributed by atoms with Crippen LogP contribution in [0.25, 0.3) is 22.2 Å². The van der Waals surface area contributed by atoms with Crippen LogP contribution in [0.2, 0.25) is 0 Å². The first-order valence-corrected chi connectivity index (χ1v) is 9.29. The Hall–Kier alpha value is -1.77. The van der Waals surface area contributed by atoms with E-state index < -0.39 is 0 Å². The van der Waals surface area contributed by atoms with Crippen LogP contribution < -0.4 is 14.8 Å². The molecule has 0 aliphatic rings. The number of imidazole rings is 1.